The Morgan fingerprint density at radius 1 is 1.57 bits per heavy atom. The Morgan fingerprint density at radius 2 is 2.29 bits per heavy atom. The number of esters is 1. The van der Waals surface area contributed by atoms with Gasteiger partial charge in [0.05, 0.1) is 6.61 Å². The molecule has 0 radical (unpaired) electrons. The Hall–Kier alpha value is -1.08. The molecule has 2 rings (SSSR count). The van der Waals surface area contributed by atoms with Crippen molar-refractivity contribution in [3.8, 4) is 0 Å². The molecule has 2 unspecified atom stereocenters. The number of carbonyl (C=O) groups excluding carboxylic acids is 1. The highest BCUT2D eigenvalue weighted by atomic mass is 32.2. The molecule has 0 bridgehead atoms. The van der Waals surface area contributed by atoms with E-state index in [0.717, 1.165) is 12.8 Å². The van der Waals surface area contributed by atoms with Crippen LogP contribution in [0, 0.1) is 6.92 Å². The molecule has 1 aromatic rings. The van der Waals surface area contributed by atoms with Gasteiger partial charge in [0.2, 0.25) is 5.89 Å². The summed E-state index contributed by atoms with van der Waals surface area (Å²) in [6.45, 7) is 7.95. The summed E-state index contributed by atoms with van der Waals surface area (Å²) < 4.78 is 10.6. The summed E-state index contributed by atoms with van der Waals surface area (Å²) >= 11 is 1.49. The van der Waals surface area contributed by atoms with E-state index in [1.54, 1.807) is 6.92 Å². The van der Waals surface area contributed by atoms with Crippen LogP contribution < -0.4 is 5.32 Å². The van der Waals surface area contributed by atoms with Crippen LogP contribution >= 0.6 is 11.8 Å². The average Bonchev–Trinajstić information content (AvgIpc) is 3.11. The highest BCUT2D eigenvalue weighted by molar-refractivity contribution is 7.99. The van der Waals surface area contributed by atoms with Gasteiger partial charge in [-0.05, 0) is 33.1 Å². The third-order valence-corrected chi connectivity index (χ3v) is 4.27. The highest BCUT2D eigenvalue weighted by Gasteiger charge is 2.41. The molecule has 1 saturated carbocycles. The van der Waals surface area contributed by atoms with Gasteiger partial charge in [0.25, 0.3) is 5.22 Å². The molecular weight excluding hydrogens is 290 g/mol. The van der Waals surface area contributed by atoms with E-state index in [9.17, 15) is 4.79 Å². The molecule has 0 aliphatic heterocycles. The summed E-state index contributed by atoms with van der Waals surface area (Å²) in [5.74, 6) is 0.361. The fourth-order valence-electron chi connectivity index (χ4n) is 2.28. The Bertz CT molecular complexity index is 490. The van der Waals surface area contributed by atoms with Gasteiger partial charge < -0.3 is 9.15 Å². The van der Waals surface area contributed by atoms with Crippen LogP contribution in [0.15, 0.2) is 9.64 Å². The van der Waals surface area contributed by atoms with Crippen molar-refractivity contribution in [2.24, 2.45) is 0 Å². The van der Waals surface area contributed by atoms with Crippen molar-refractivity contribution in [2.75, 3.05) is 6.61 Å². The molecule has 118 valence electrons. The maximum atomic E-state index is 12.3. The van der Waals surface area contributed by atoms with Gasteiger partial charge in [-0.25, -0.2) is 0 Å². The Kier molecular flexibility index (Phi) is 5.27. The van der Waals surface area contributed by atoms with Gasteiger partial charge in [-0.3, -0.25) is 10.1 Å². The van der Waals surface area contributed by atoms with E-state index in [2.05, 4.69) is 22.4 Å². The predicted molar refractivity (Wildman–Crippen MR) is 80.2 cm³/mol. The predicted octanol–water partition coefficient (Wildman–Crippen LogP) is 2.32. The number of thioether (sulfide) groups is 1. The molecule has 2 atom stereocenters. The number of nitrogens with one attached hydrogen (secondary N) is 1. The maximum absolute atomic E-state index is 12.3. The lowest BCUT2D eigenvalue weighted by Gasteiger charge is -2.30. The molecule has 1 aliphatic carbocycles. The number of nitrogens with zero attached hydrogens (tertiary/aromatic N) is 2. The van der Waals surface area contributed by atoms with E-state index in [0.29, 0.717) is 30.2 Å². The topological polar surface area (TPSA) is 77.2 Å². The third kappa shape index (κ3) is 4.71. The van der Waals surface area contributed by atoms with Crippen LogP contribution in [-0.2, 0) is 9.53 Å². The van der Waals surface area contributed by atoms with Crippen molar-refractivity contribution in [2.45, 2.75) is 69.0 Å². The molecule has 21 heavy (non-hydrogen) atoms. The molecule has 6 nitrogen and oxygen atoms in total. The minimum atomic E-state index is -0.668. The van der Waals surface area contributed by atoms with Crippen LogP contribution in [0.25, 0.3) is 0 Å². The van der Waals surface area contributed by atoms with E-state index in [4.69, 9.17) is 9.15 Å². The number of ether oxygens (including phenoxy) is 1. The summed E-state index contributed by atoms with van der Waals surface area (Å²) in [6.07, 6.45) is 2.90. The zero-order chi connectivity index (χ0) is 15.5. The Labute approximate surface area is 129 Å². The Balaban J connectivity index is 1.97. The van der Waals surface area contributed by atoms with Gasteiger partial charge in [-0.15, -0.1) is 10.2 Å². The fourth-order valence-corrected chi connectivity index (χ4v) is 3.30. The SMILES string of the molecule is CCOC(=O)C(C)(CC(C)Sc1nnc(C)o1)NC1CC1. The van der Waals surface area contributed by atoms with Crippen molar-refractivity contribution >= 4 is 17.7 Å². The van der Waals surface area contributed by atoms with Crippen LogP contribution in [0.4, 0.5) is 0 Å². The smallest absolute Gasteiger partial charge is 0.326 e. The quantitative estimate of drug-likeness (QED) is 0.583. The first-order valence-corrected chi connectivity index (χ1v) is 8.22. The molecule has 7 heteroatoms. The van der Waals surface area contributed by atoms with Crippen molar-refractivity contribution in [1.82, 2.24) is 15.5 Å². The van der Waals surface area contributed by atoms with Gasteiger partial charge in [0.15, 0.2) is 0 Å². The van der Waals surface area contributed by atoms with Gasteiger partial charge >= 0.3 is 5.97 Å². The zero-order valence-electron chi connectivity index (χ0n) is 13.0. The van der Waals surface area contributed by atoms with Gasteiger partial charge in [0, 0.05) is 18.2 Å². The van der Waals surface area contributed by atoms with Crippen LogP contribution in [-0.4, -0.2) is 39.6 Å². The second kappa shape index (κ2) is 6.79. The average molecular weight is 313 g/mol. The molecule has 1 fully saturated rings. The van der Waals surface area contributed by atoms with Crippen molar-refractivity contribution in [3.05, 3.63) is 5.89 Å². The fraction of sp³-hybridized carbons (Fsp3) is 0.786. The van der Waals surface area contributed by atoms with Gasteiger partial charge in [-0.2, -0.15) is 0 Å². The number of aromatic nitrogens is 2. The minimum Gasteiger partial charge on any atom is -0.465 e. The van der Waals surface area contributed by atoms with Crippen LogP contribution in [0.3, 0.4) is 0 Å². The van der Waals surface area contributed by atoms with E-state index in [1.807, 2.05) is 13.8 Å². The normalized spacial score (nSPS) is 19.0. The second-order valence-corrected chi connectivity index (χ2v) is 7.08. The summed E-state index contributed by atoms with van der Waals surface area (Å²) in [5.41, 5.74) is -0.668. The molecule has 1 aliphatic rings. The summed E-state index contributed by atoms with van der Waals surface area (Å²) in [7, 11) is 0. The van der Waals surface area contributed by atoms with Crippen LogP contribution in [0.2, 0.25) is 0 Å². The first kappa shape index (κ1) is 16.3. The summed E-state index contributed by atoms with van der Waals surface area (Å²) in [6, 6.07) is 0.433. The molecule has 1 heterocycles. The second-order valence-electron chi connectivity index (χ2n) is 5.69. The number of aryl methyl sites for hydroxylation is 1. The van der Waals surface area contributed by atoms with Crippen molar-refractivity contribution < 1.29 is 13.9 Å². The summed E-state index contributed by atoms with van der Waals surface area (Å²) in [4.78, 5) is 12.3. The van der Waals surface area contributed by atoms with E-state index in [-0.39, 0.29) is 11.2 Å². The van der Waals surface area contributed by atoms with E-state index < -0.39 is 5.54 Å². The minimum absolute atomic E-state index is 0.158. The molecule has 0 amide bonds. The molecule has 0 saturated heterocycles. The maximum Gasteiger partial charge on any atom is 0.326 e. The lowest BCUT2D eigenvalue weighted by Crippen LogP contribution is -2.52. The first-order valence-electron chi connectivity index (χ1n) is 7.34. The first-order chi connectivity index (χ1) is 9.93. The number of hydrogen-bond donors (Lipinski definition) is 1. The Morgan fingerprint density at radius 3 is 2.81 bits per heavy atom. The summed E-state index contributed by atoms with van der Waals surface area (Å²) in [5, 5.41) is 11.9. The largest absolute Gasteiger partial charge is 0.465 e. The van der Waals surface area contributed by atoms with Gasteiger partial charge in [0.1, 0.15) is 5.54 Å². The van der Waals surface area contributed by atoms with Crippen molar-refractivity contribution in [1.29, 1.82) is 0 Å². The van der Waals surface area contributed by atoms with Crippen LogP contribution in [0.5, 0.6) is 0 Å². The standard InChI is InChI=1S/C14H23N3O3S/c1-5-19-12(18)14(4,15-11-6-7-11)8-9(2)21-13-17-16-10(3)20-13/h9,11,15H,5-8H2,1-4H3. The number of carbonyl (C=O) groups is 1. The number of rotatable bonds is 8. The molecule has 0 spiro atoms. The zero-order valence-corrected chi connectivity index (χ0v) is 13.8. The lowest BCUT2D eigenvalue weighted by atomic mass is 9.95. The molecular formula is C14H23N3O3S. The monoisotopic (exact) mass is 313 g/mol. The molecule has 1 aromatic heterocycles. The molecule has 0 aromatic carbocycles. The third-order valence-electron chi connectivity index (χ3n) is 3.33. The van der Waals surface area contributed by atoms with Crippen LogP contribution in [0.1, 0.15) is 45.9 Å². The van der Waals surface area contributed by atoms with Gasteiger partial charge in [-0.1, -0.05) is 18.7 Å². The van der Waals surface area contributed by atoms with E-state index >= 15 is 0 Å². The number of hydrogen-bond acceptors (Lipinski definition) is 7. The van der Waals surface area contributed by atoms with Crippen molar-refractivity contribution in [3.63, 3.8) is 0 Å². The molecule has 1 N–H and O–H groups in total. The lowest BCUT2D eigenvalue weighted by molar-refractivity contribution is -0.150. The highest BCUT2D eigenvalue weighted by Crippen LogP contribution is 2.31. The van der Waals surface area contributed by atoms with E-state index in [1.165, 1.54) is 11.8 Å².